The summed E-state index contributed by atoms with van der Waals surface area (Å²) in [6.45, 7) is 4.91. The van der Waals surface area contributed by atoms with Crippen LogP contribution in [0.5, 0.6) is 0 Å². The topological polar surface area (TPSA) is 130 Å². The Morgan fingerprint density at radius 3 is 2.03 bits per heavy atom. The fourth-order valence-corrected chi connectivity index (χ4v) is 5.45. The smallest absolute Gasteiger partial charge is 0.255 e. The van der Waals surface area contributed by atoms with Gasteiger partial charge in [0.25, 0.3) is 5.91 Å². The number of carbonyl (C=O) groups excluding carboxylic acids is 3. The molecule has 3 amide bonds. The molecule has 2 atom stereocenters. The van der Waals surface area contributed by atoms with Gasteiger partial charge in [0, 0.05) is 34.3 Å². The number of piperidine rings is 1. The van der Waals surface area contributed by atoms with Gasteiger partial charge in [-0.3, -0.25) is 23.9 Å². The fourth-order valence-electron chi connectivity index (χ4n) is 4.05. The Bertz CT molecular complexity index is 965. The van der Waals surface area contributed by atoms with Crippen LogP contribution in [0.4, 0.5) is 0 Å². The average Bonchev–Trinajstić information content (AvgIpc) is 3.24. The molecule has 2 aliphatic heterocycles. The molecule has 38 heavy (non-hydrogen) atoms. The number of benzene rings is 1. The number of nitrogens with zero attached hydrogens (tertiary/aromatic N) is 1. The van der Waals surface area contributed by atoms with E-state index in [4.69, 9.17) is 23.7 Å². The van der Waals surface area contributed by atoms with Crippen LogP contribution in [0.15, 0.2) is 23.1 Å². The van der Waals surface area contributed by atoms with Crippen molar-refractivity contribution in [1.29, 1.82) is 0 Å². The van der Waals surface area contributed by atoms with E-state index in [2.05, 4.69) is 21.2 Å². The van der Waals surface area contributed by atoms with E-state index in [0.717, 1.165) is 5.33 Å². The minimum absolute atomic E-state index is 0.187. The lowest BCUT2D eigenvalue weighted by Gasteiger charge is -2.29. The van der Waals surface area contributed by atoms with Crippen molar-refractivity contribution in [1.82, 2.24) is 10.2 Å². The molecular formula is C25H35BrN2O9S. The Morgan fingerprint density at radius 1 is 0.868 bits per heavy atom. The third-order valence-corrected chi connectivity index (χ3v) is 7.64. The standard InChI is InChI=1S/C25H35BrN2O9S/c26-6-7-33-8-9-34-10-11-35-12-13-36-14-15-37-16-17-38(32)22-3-1-2-19-20(22)18-28(25(19)31)21-4-5-23(29)27-24(21)30/h1-3,21H,4-18H2,(H,27,29,30). The van der Waals surface area contributed by atoms with Gasteiger partial charge in [-0.15, -0.1) is 0 Å². The Hall–Kier alpha value is -1.74. The van der Waals surface area contributed by atoms with E-state index in [1.165, 1.54) is 4.90 Å². The van der Waals surface area contributed by atoms with Crippen molar-refractivity contribution < 1.29 is 42.3 Å². The zero-order chi connectivity index (χ0) is 27.2. The number of rotatable bonds is 19. The molecular weight excluding hydrogens is 584 g/mol. The molecule has 0 aromatic heterocycles. The minimum Gasteiger partial charge on any atom is -0.378 e. The lowest BCUT2D eigenvalue weighted by Crippen LogP contribution is -2.52. The van der Waals surface area contributed by atoms with Crippen molar-refractivity contribution in [3.05, 3.63) is 29.3 Å². The number of hydrogen-bond donors (Lipinski definition) is 1. The van der Waals surface area contributed by atoms with Crippen LogP contribution in [0.1, 0.15) is 28.8 Å². The molecule has 0 saturated carbocycles. The van der Waals surface area contributed by atoms with E-state index in [1.54, 1.807) is 18.2 Å². The molecule has 2 unspecified atom stereocenters. The average molecular weight is 620 g/mol. The highest BCUT2D eigenvalue weighted by atomic mass is 79.9. The van der Waals surface area contributed by atoms with Crippen LogP contribution in [-0.2, 0) is 50.6 Å². The molecule has 0 aliphatic carbocycles. The van der Waals surface area contributed by atoms with Crippen LogP contribution in [0.25, 0.3) is 0 Å². The third kappa shape index (κ3) is 9.47. The van der Waals surface area contributed by atoms with Gasteiger partial charge < -0.3 is 28.6 Å². The summed E-state index contributed by atoms with van der Waals surface area (Å²) in [6, 6.07) is 4.41. The largest absolute Gasteiger partial charge is 0.378 e. The molecule has 0 spiro atoms. The van der Waals surface area contributed by atoms with Gasteiger partial charge in [-0.1, -0.05) is 22.0 Å². The number of imide groups is 1. The molecule has 212 valence electrons. The van der Waals surface area contributed by atoms with Gasteiger partial charge in [-0.25, -0.2) is 0 Å². The minimum atomic E-state index is -1.37. The molecule has 2 heterocycles. The van der Waals surface area contributed by atoms with Crippen LogP contribution in [0.2, 0.25) is 0 Å². The highest BCUT2D eigenvalue weighted by molar-refractivity contribution is 9.09. The van der Waals surface area contributed by atoms with Gasteiger partial charge in [-0.05, 0) is 18.6 Å². The summed E-state index contributed by atoms with van der Waals surface area (Å²) < 4.78 is 40.1. The summed E-state index contributed by atoms with van der Waals surface area (Å²) in [5.74, 6) is -0.815. The van der Waals surface area contributed by atoms with Crippen molar-refractivity contribution in [3.8, 4) is 0 Å². The molecule has 1 saturated heterocycles. The van der Waals surface area contributed by atoms with Gasteiger partial charge >= 0.3 is 0 Å². The molecule has 3 rings (SSSR count). The first-order chi connectivity index (χ1) is 18.5. The van der Waals surface area contributed by atoms with Crippen molar-refractivity contribution in [2.24, 2.45) is 0 Å². The van der Waals surface area contributed by atoms with E-state index in [9.17, 15) is 18.6 Å². The monoisotopic (exact) mass is 618 g/mol. The highest BCUT2D eigenvalue weighted by Gasteiger charge is 2.40. The molecule has 2 aliphatic rings. The van der Waals surface area contributed by atoms with Crippen LogP contribution >= 0.6 is 15.9 Å². The van der Waals surface area contributed by atoms with Gasteiger partial charge in [0.15, 0.2) is 0 Å². The highest BCUT2D eigenvalue weighted by Crippen LogP contribution is 2.31. The molecule has 1 N–H and O–H groups in total. The Morgan fingerprint density at radius 2 is 1.45 bits per heavy atom. The zero-order valence-corrected chi connectivity index (χ0v) is 23.7. The molecule has 1 aromatic carbocycles. The first-order valence-electron chi connectivity index (χ1n) is 12.6. The Labute approximate surface area is 233 Å². The van der Waals surface area contributed by atoms with Gasteiger partial charge in [0.1, 0.15) is 6.04 Å². The number of fused-ring (bicyclic) bond motifs is 1. The number of halogens is 1. The Kier molecular flexibility index (Phi) is 13.8. The fraction of sp³-hybridized carbons (Fsp3) is 0.640. The lowest BCUT2D eigenvalue weighted by atomic mass is 10.0. The maximum absolute atomic E-state index is 13.0. The lowest BCUT2D eigenvalue weighted by molar-refractivity contribution is -0.136. The van der Waals surface area contributed by atoms with Crippen molar-refractivity contribution in [3.63, 3.8) is 0 Å². The van der Waals surface area contributed by atoms with Crippen LogP contribution in [0.3, 0.4) is 0 Å². The second kappa shape index (κ2) is 17.1. The van der Waals surface area contributed by atoms with E-state index in [-0.39, 0.29) is 43.6 Å². The SMILES string of the molecule is O=C1CCC(N2Cc3c(cccc3S(=O)CCOCCOCCOCCOCCOCCBr)C2=O)C(=O)N1. The summed E-state index contributed by atoms with van der Waals surface area (Å²) >= 11 is 3.29. The molecule has 0 bridgehead atoms. The summed E-state index contributed by atoms with van der Waals surface area (Å²) in [6.07, 6.45) is 0.472. The summed E-state index contributed by atoms with van der Waals surface area (Å²) in [5, 5.41) is 3.10. The van der Waals surface area contributed by atoms with Crippen molar-refractivity contribution in [2.45, 2.75) is 30.3 Å². The summed E-state index contributed by atoms with van der Waals surface area (Å²) in [7, 11) is -1.37. The van der Waals surface area contributed by atoms with Crippen molar-refractivity contribution in [2.75, 3.05) is 77.2 Å². The maximum Gasteiger partial charge on any atom is 0.255 e. The quantitative estimate of drug-likeness (QED) is 0.137. The maximum atomic E-state index is 13.0. The van der Waals surface area contributed by atoms with E-state index in [0.29, 0.717) is 75.5 Å². The summed E-state index contributed by atoms with van der Waals surface area (Å²) in [5.41, 5.74) is 1.11. The molecule has 1 fully saturated rings. The van der Waals surface area contributed by atoms with Gasteiger partial charge in [-0.2, -0.15) is 0 Å². The van der Waals surface area contributed by atoms with Crippen molar-refractivity contribution >= 4 is 44.5 Å². The first kappa shape index (κ1) is 30.8. The zero-order valence-electron chi connectivity index (χ0n) is 21.3. The number of ether oxygens (including phenoxy) is 5. The molecule has 0 radical (unpaired) electrons. The van der Waals surface area contributed by atoms with E-state index < -0.39 is 22.7 Å². The molecule has 1 aromatic rings. The predicted molar refractivity (Wildman–Crippen MR) is 142 cm³/mol. The first-order valence-corrected chi connectivity index (χ1v) is 15.1. The second-order valence-electron chi connectivity index (χ2n) is 8.48. The number of carbonyl (C=O) groups is 3. The number of amides is 3. The van der Waals surface area contributed by atoms with Gasteiger partial charge in [0.2, 0.25) is 11.8 Å². The molecule has 13 heteroatoms. The predicted octanol–water partition coefficient (Wildman–Crippen LogP) is 1.03. The van der Waals surface area contributed by atoms with E-state index in [1.807, 2.05) is 0 Å². The molecule has 11 nitrogen and oxygen atoms in total. The number of alkyl halides is 1. The second-order valence-corrected chi connectivity index (χ2v) is 10.8. The summed E-state index contributed by atoms with van der Waals surface area (Å²) in [4.78, 5) is 38.7. The van der Waals surface area contributed by atoms with Crippen LogP contribution < -0.4 is 5.32 Å². The number of nitrogens with one attached hydrogen (secondary N) is 1. The van der Waals surface area contributed by atoms with Crippen LogP contribution in [0, 0.1) is 0 Å². The third-order valence-electron chi connectivity index (χ3n) is 5.91. The van der Waals surface area contributed by atoms with Gasteiger partial charge in [0.05, 0.1) is 82.6 Å². The number of hydrogen-bond acceptors (Lipinski definition) is 9. The van der Waals surface area contributed by atoms with E-state index >= 15 is 0 Å². The normalized spacial score (nSPS) is 18.1. The Balaban J connectivity index is 1.27. The van der Waals surface area contributed by atoms with Crippen LogP contribution in [-0.4, -0.2) is 110 Å².